The highest BCUT2D eigenvalue weighted by Crippen LogP contribution is 2.23. The minimum Gasteiger partial charge on any atom is -0.480 e. The number of amides is 9. The fraction of sp³-hybridized carbons (Fsp3) is 0.690. The summed E-state index contributed by atoms with van der Waals surface area (Å²) in [4.78, 5) is 142. The van der Waals surface area contributed by atoms with Gasteiger partial charge in [-0.15, -0.1) is 0 Å². The number of nitrogens with zero attached hydrogens (tertiary/aromatic N) is 4. The molecule has 10 N–H and O–H groups in total. The third-order valence-electron chi connectivity index (χ3n) is 12.7. The predicted molar refractivity (Wildman–Crippen MR) is 231 cm³/mol. The van der Waals surface area contributed by atoms with Crippen LogP contribution in [0.3, 0.4) is 0 Å². The van der Waals surface area contributed by atoms with Crippen LogP contribution in [-0.4, -0.2) is 188 Å². The second kappa shape index (κ2) is 23.8. The fourth-order valence-electron chi connectivity index (χ4n) is 8.83. The van der Waals surface area contributed by atoms with Gasteiger partial charge < -0.3 is 67.1 Å². The van der Waals surface area contributed by atoms with E-state index in [1.165, 1.54) is 34.1 Å². The quantitative estimate of drug-likeness (QED) is 0.0562. The normalized spacial score (nSPS) is 22.6. The summed E-state index contributed by atoms with van der Waals surface area (Å²) in [5.41, 5.74) is 0.497. The molecule has 0 unspecified atom stereocenters. The van der Waals surface area contributed by atoms with Gasteiger partial charge in [0.05, 0.1) is 25.5 Å². The molecule has 364 valence electrons. The van der Waals surface area contributed by atoms with Crippen LogP contribution in [0.1, 0.15) is 84.3 Å². The Kier molecular flexibility index (Phi) is 18.4. The number of likely N-dealkylation sites (tertiary alicyclic amines) is 3. The summed E-state index contributed by atoms with van der Waals surface area (Å²) in [6, 6.07) is -8.07. The molecule has 5 heterocycles. The zero-order chi connectivity index (χ0) is 48.1. The molecule has 9 atom stereocenters. The van der Waals surface area contributed by atoms with E-state index in [0.29, 0.717) is 57.3 Å². The van der Waals surface area contributed by atoms with Gasteiger partial charge in [0.1, 0.15) is 48.8 Å². The number of rotatable bonds is 21. The van der Waals surface area contributed by atoms with Crippen LogP contribution in [0.2, 0.25) is 0 Å². The molecule has 4 saturated heterocycles. The third kappa shape index (κ3) is 13.0. The lowest BCUT2D eigenvalue weighted by Gasteiger charge is -2.31. The molecule has 0 spiro atoms. The molecule has 0 radical (unpaired) electrons. The van der Waals surface area contributed by atoms with E-state index in [-0.39, 0.29) is 44.3 Å². The van der Waals surface area contributed by atoms with Crippen molar-refractivity contribution in [3.8, 4) is 0 Å². The molecule has 4 fully saturated rings. The van der Waals surface area contributed by atoms with Gasteiger partial charge in [-0.2, -0.15) is 0 Å². The molecular weight excluding hydrogens is 865 g/mol. The molecule has 1 aromatic heterocycles. The summed E-state index contributed by atoms with van der Waals surface area (Å²) >= 11 is 0. The van der Waals surface area contributed by atoms with E-state index >= 15 is 0 Å². The topological polar surface area (TPSA) is 334 Å². The Morgan fingerprint density at radius 3 is 1.91 bits per heavy atom. The zero-order valence-electron chi connectivity index (χ0n) is 37.6. The van der Waals surface area contributed by atoms with Gasteiger partial charge in [0.15, 0.2) is 0 Å². The van der Waals surface area contributed by atoms with Crippen LogP contribution >= 0.6 is 0 Å². The number of H-pyrrole nitrogens is 1. The number of carboxylic acids is 1. The minimum absolute atomic E-state index is 0.0330. The maximum absolute atomic E-state index is 13.8. The molecule has 66 heavy (non-hydrogen) atoms. The van der Waals surface area contributed by atoms with Crippen LogP contribution in [0.5, 0.6) is 0 Å². The Hall–Kier alpha value is -6.17. The first-order chi connectivity index (χ1) is 31.5. The summed E-state index contributed by atoms with van der Waals surface area (Å²) < 4.78 is 0. The zero-order valence-corrected chi connectivity index (χ0v) is 37.6. The summed E-state index contributed by atoms with van der Waals surface area (Å²) in [5, 5.41) is 37.5. The number of imidazole rings is 1. The molecule has 0 aliphatic carbocycles. The number of carboxylic acid groups (broad SMARTS) is 1. The molecule has 4 aliphatic rings. The average molecular weight is 929 g/mol. The van der Waals surface area contributed by atoms with Crippen molar-refractivity contribution in [3.63, 3.8) is 0 Å². The first-order valence-corrected chi connectivity index (χ1v) is 22.7. The van der Waals surface area contributed by atoms with Gasteiger partial charge in [-0.1, -0.05) is 20.3 Å². The standard InChI is InChI=1S/C42H64N12O12/c1-4-23(2)34(40(64)45-19-32(56)52-14-6-10-29(52)37(61)49-27(17-25-18-43-22-47-25)35(59)46-20-33(57)58)51-39(63)31-12-7-15-53(31)41(65)24(3)48-36(60)28(21-55)50-38(62)30-11-8-16-54(30)42(66)26-9-5-13-44-26/h18,22-24,26-31,34,44,55H,4-17,19-21H2,1-3H3,(H,43,47)(H,45,64)(H,46,59)(H,48,60)(H,49,61)(H,50,62)(H,51,63)(H,57,58)/t23-,24-,26-,27-,28-,29-,30-,31-,34-/m0/s1. The van der Waals surface area contributed by atoms with Crippen molar-refractivity contribution in [2.75, 3.05) is 45.9 Å². The van der Waals surface area contributed by atoms with E-state index in [9.17, 15) is 53.1 Å². The van der Waals surface area contributed by atoms with Crippen molar-refractivity contribution in [3.05, 3.63) is 18.2 Å². The average Bonchev–Trinajstić information content (AvgIpc) is 4.17. The summed E-state index contributed by atoms with van der Waals surface area (Å²) in [5.74, 6) is -7.18. The van der Waals surface area contributed by atoms with Crippen LogP contribution in [-0.2, 0) is 54.4 Å². The van der Waals surface area contributed by atoms with Crippen molar-refractivity contribution in [2.24, 2.45) is 5.92 Å². The van der Waals surface area contributed by atoms with Crippen molar-refractivity contribution < 1.29 is 58.2 Å². The number of nitrogens with one attached hydrogen (secondary N) is 8. The number of carbonyl (C=O) groups excluding carboxylic acids is 9. The van der Waals surface area contributed by atoms with Gasteiger partial charge in [-0.05, 0) is 70.8 Å². The van der Waals surface area contributed by atoms with Crippen molar-refractivity contribution in [2.45, 2.75) is 133 Å². The highest BCUT2D eigenvalue weighted by molar-refractivity contribution is 5.98. The van der Waals surface area contributed by atoms with Crippen LogP contribution < -0.4 is 37.2 Å². The highest BCUT2D eigenvalue weighted by Gasteiger charge is 2.42. The van der Waals surface area contributed by atoms with E-state index in [2.05, 4.69) is 47.2 Å². The van der Waals surface area contributed by atoms with Crippen LogP contribution in [0.25, 0.3) is 0 Å². The maximum atomic E-state index is 13.8. The number of aliphatic hydroxyl groups excluding tert-OH is 1. The molecule has 4 aliphatic heterocycles. The van der Waals surface area contributed by atoms with Crippen LogP contribution in [0.15, 0.2) is 12.5 Å². The number of carbonyl (C=O) groups is 10. The second-order valence-corrected chi connectivity index (χ2v) is 17.3. The van der Waals surface area contributed by atoms with Gasteiger partial charge in [-0.3, -0.25) is 47.9 Å². The third-order valence-corrected chi connectivity index (χ3v) is 12.7. The monoisotopic (exact) mass is 928 g/mol. The smallest absolute Gasteiger partial charge is 0.322 e. The molecule has 24 nitrogen and oxygen atoms in total. The number of aromatic amines is 1. The van der Waals surface area contributed by atoms with Crippen molar-refractivity contribution in [1.29, 1.82) is 0 Å². The summed E-state index contributed by atoms with van der Waals surface area (Å²) in [6.07, 6.45) is 7.20. The van der Waals surface area contributed by atoms with Gasteiger partial charge in [-0.25, -0.2) is 4.98 Å². The van der Waals surface area contributed by atoms with E-state index in [4.69, 9.17) is 5.11 Å². The summed E-state index contributed by atoms with van der Waals surface area (Å²) in [7, 11) is 0. The first kappa shape index (κ1) is 50.8. The number of hydrogen-bond acceptors (Lipinski definition) is 13. The lowest BCUT2D eigenvalue weighted by Crippen LogP contribution is -2.59. The SMILES string of the molecule is CC[C@H](C)[C@H](NC(=O)[C@@H]1CCCN1C(=O)[C@H](C)NC(=O)[C@H](CO)NC(=O)[C@@H]1CCCN1C(=O)[C@@H]1CCCN1)C(=O)NCC(=O)N1CCC[C@H]1C(=O)N[C@@H](Cc1cnc[nH]1)C(=O)NCC(=O)O. The van der Waals surface area contributed by atoms with E-state index in [0.717, 1.165) is 6.42 Å². The van der Waals surface area contributed by atoms with E-state index in [1.54, 1.807) is 6.92 Å². The molecule has 0 bridgehead atoms. The lowest BCUT2D eigenvalue weighted by molar-refractivity contribution is -0.143. The Morgan fingerprint density at radius 1 is 0.727 bits per heavy atom. The Labute approximate surface area is 381 Å². The minimum atomic E-state index is -1.42. The predicted octanol–water partition coefficient (Wildman–Crippen LogP) is -4.01. The van der Waals surface area contributed by atoms with Crippen molar-refractivity contribution >= 4 is 59.1 Å². The van der Waals surface area contributed by atoms with Gasteiger partial charge in [0.2, 0.25) is 53.2 Å². The molecule has 9 amide bonds. The number of aliphatic carboxylic acids is 1. The Bertz CT molecular complexity index is 1940. The molecular formula is C42H64N12O12. The van der Waals surface area contributed by atoms with Crippen molar-refractivity contribution in [1.82, 2.24) is 61.9 Å². The largest absolute Gasteiger partial charge is 0.480 e. The molecule has 0 saturated carbocycles. The van der Waals surface area contributed by atoms with E-state index in [1.807, 2.05) is 6.92 Å². The maximum Gasteiger partial charge on any atom is 0.322 e. The number of aromatic nitrogens is 2. The molecule has 5 rings (SSSR count). The number of hydrogen-bond donors (Lipinski definition) is 10. The van der Waals surface area contributed by atoms with E-state index < -0.39 is 121 Å². The van der Waals surface area contributed by atoms with Gasteiger partial charge in [0.25, 0.3) is 0 Å². The lowest BCUT2D eigenvalue weighted by atomic mass is 9.97. The molecule has 24 heteroatoms. The second-order valence-electron chi connectivity index (χ2n) is 17.3. The van der Waals surface area contributed by atoms with Gasteiger partial charge in [0, 0.05) is 37.9 Å². The Balaban J connectivity index is 1.13. The molecule has 1 aromatic rings. The van der Waals surface area contributed by atoms with Gasteiger partial charge >= 0.3 is 5.97 Å². The summed E-state index contributed by atoms with van der Waals surface area (Å²) in [6.45, 7) is 4.47. The fourth-order valence-corrected chi connectivity index (χ4v) is 8.83. The number of aliphatic hydroxyl groups is 1. The Morgan fingerprint density at radius 2 is 1.32 bits per heavy atom. The van der Waals surface area contributed by atoms with Crippen LogP contribution in [0, 0.1) is 5.92 Å². The first-order valence-electron chi connectivity index (χ1n) is 22.7. The van der Waals surface area contributed by atoms with Crippen LogP contribution in [0.4, 0.5) is 0 Å². The molecule has 0 aromatic carbocycles. The highest BCUT2D eigenvalue weighted by atomic mass is 16.4.